The summed E-state index contributed by atoms with van der Waals surface area (Å²) >= 11 is 0. The lowest BCUT2D eigenvalue weighted by molar-refractivity contribution is 0.257. The van der Waals surface area contributed by atoms with E-state index in [4.69, 9.17) is 5.73 Å². The number of imidazole rings is 1. The van der Waals surface area contributed by atoms with Gasteiger partial charge in [-0.3, -0.25) is 4.90 Å². The van der Waals surface area contributed by atoms with Crippen molar-refractivity contribution >= 4 is 0 Å². The van der Waals surface area contributed by atoms with Gasteiger partial charge in [0, 0.05) is 31.9 Å². The van der Waals surface area contributed by atoms with Gasteiger partial charge >= 0.3 is 0 Å². The molecule has 0 saturated carbocycles. The monoisotopic (exact) mass is 208 g/mol. The molecular formula is C11H20N4. The third-order valence-electron chi connectivity index (χ3n) is 3.13. The molecule has 1 aromatic heterocycles. The Morgan fingerprint density at radius 1 is 1.60 bits per heavy atom. The first-order valence-corrected chi connectivity index (χ1v) is 5.74. The first-order valence-electron chi connectivity index (χ1n) is 5.74. The van der Waals surface area contributed by atoms with Crippen LogP contribution in [-0.4, -0.2) is 33.6 Å². The Hall–Kier alpha value is -0.870. The van der Waals surface area contributed by atoms with Gasteiger partial charge in [-0.05, 0) is 26.3 Å². The minimum Gasteiger partial charge on any atom is -0.336 e. The van der Waals surface area contributed by atoms with Crippen molar-refractivity contribution in [3.8, 4) is 0 Å². The number of nitrogens with two attached hydrogens (primary N) is 1. The average molecular weight is 208 g/mol. The minimum atomic E-state index is 0.677. The molecule has 1 unspecified atom stereocenters. The molecule has 0 radical (unpaired) electrons. The van der Waals surface area contributed by atoms with Gasteiger partial charge in [0.2, 0.25) is 0 Å². The van der Waals surface area contributed by atoms with E-state index in [1.807, 2.05) is 6.33 Å². The van der Waals surface area contributed by atoms with Crippen LogP contribution in [0.15, 0.2) is 12.5 Å². The normalized spacial score (nSPS) is 22.4. The van der Waals surface area contributed by atoms with Gasteiger partial charge in [-0.15, -0.1) is 0 Å². The van der Waals surface area contributed by atoms with E-state index in [9.17, 15) is 0 Å². The van der Waals surface area contributed by atoms with Crippen molar-refractivity contribution in [1.29, 1.82) is 0 Å². The first kappa shape index (κ1) is 10.6. The molecule has 0 aliphatic carbocycles. The first-order chi connectivity index (χ1) is 7.29. The van der Waals surface area contributed by atoms with E-state index in [0.717, 1.165) is 18.8 Å². The van der Waals surface area contributed by atoms with Crippen molar-refractivity contribution in [1.82, 2.24) is 14.5 Å². The summed E-state index contributed by atoms with van der Waals surface area (Å²) in [4.78, 5) is 6.89. The highest BCUT2D eigenvalue weighted by Crippen LogP contribution is 2.18. The number of hydrogen-bond acceptors (Lipinski definition) is 3. The van der Waals surface area contributed by atoms with Gasteiger partial charge in [-0.2, -0.15) is 0 Å². The quantitative estimate of drug-likeness (QED) is 0.797. The molecule has 0 bridgehead atoms. The summed E-state index contributed by atoms with van der Waals surface area (Å²) in [6.07, 6.45) is 6.63. The molecule has 1 aromatic rings. The van der Waals surface area contributed by atoms with Crippen molar-refractivity contribution in [3.05, 3.63) is 18.2 Å². The number of likely N-dealkylation sites (tertiary alicyclic amines) is 1. The molecule has 2 heterocycles. The summed E-state index contributed by atoms with van der Waals surface area (Å²) in [7, 11) is 0. The van der Waals surface area contributed by atoms with Crippen LogP contribution in [0.5, 0.6) is 0 Å². The second-order valence-electron chi connectivity index (χ2n) is 4.35. The summed E-state index contributed by atoms with van der Waals surface area (Å²) in [5.41, 5.74) is 6.66. The Morgan fingerprint density at radius 3 is 3.13 bits per heavy atom. The summed E-state index contributed by atoms with van der Waals surface area (Å²) in [6, 6.07) is 0.713. The van der Waals surface area contributed by atoms with Gasteiger partial charge < -0.3 is 10.3 Å². The fraction of sp³-hybridized carbons (Fsp3) is 0.727. The molecule has 2 rings (SSSR count). The zero-order chi connectivity index (χ0) is 10.7. The van der Waals surface area contributed by atoms with Crippen molar-refractivity contribution in [2.24, 2.45) is 5.73 Å². The molecule has 0 spiro atoms. The molecule has 1 fully saturated rings. The molecule has 1 aliphatic heterocycles. The van der Waals surface area contributed by atoms with Crippen LogP contribution in [0.25, 0.3) is 0 Å². The Kier molecular flexibility index (Phi) is 3.38. The number of rotatable bonds is 4. The maximum atomic E-state index is 5.50. The van der Waals surface area contributed by atoms with Crippen LogP contribution in [0.1, 0.15) is 25.5 Å². The average Bonchev–Trinajstić information content (AvgIpc) is 2.79. The Morgan fingerprint density at radius 2 is 2.47 bits per heavy atom. The maximum Gasteiger partial charge on any atom is 0.0950 e. The van der Waals surface area contributed by atoms with Gasteiger partial charge in [0.05, 0.1) is 12.0 Å². The zero-order valence-electron chi connectivity index (χ0n) is 9.39. The second-order valence-corrected chi connectivity index (χ2v) is 4.35. The van der Waals surface area contributed by atoms with Crippen LogP contribution in [0.3, 0.4) is 0 Å². The predicted molar refractivity (Wildman–Crippen MR) is 60.4 cm³/mol. The fourth-order valence-electron chi connectivity index (χ4n) is 2.20. The third kappa shape index (κ3) is 2.58. The minimum absolute atomic E-state index is 0.677. The molecule has 1 saturated heterocycles. The second kappa shape index (κ2) is 4.77. The highest BCUT2D eigenvalue weighted by atomic mass is 15.2. The van der Waals surface area contributed by atoms with Crippen LogP contribution < -0.4 is 5.73 Å². The lowest BCUT2D eigenvalue weighted by Crippen LogP contribution is -2.26. The molecule has 84 valence electrons. The lowest BCUT2D eigenvalue weighted by Gasteiger charge is -2.19. The van der Waals surface area contributed by atoms with Gasteiger partial charge in [0.15, 0.2) is 0 Å². The molecule has 4 nitrogen and oxygen atoms in total. The molecule has 15 heavy (non-hydrogen) atoms. The van der Waals surface area contributed by atoms with E-state index in [-0.39, 0.29) is 0 Å². The zero-order valence-corrected chi connectivity index (χ0v) is 9.39. The summed E-state index contributed by atoms with van der Waals surface area (Å²) in [5.74, 6) is 0. The molecule has 1 aliphatic rings. The van der Waals surface area contributed by atoms with E-state index in [0.29, 0.717) is 12.6 Å². The molecular weight excluding hydrogens is 188 g/mol. The van der Waals surface area contributed by atoms with E-state index >= 15 is 0 Å². The number of hydrogen-bond donors (Lipinski definition) is 1. The van der Waals surface area contributed by atoms with Crippen LogP contribution in [0, 0.1) is 0 Å². The Bertz CT molecular complexity index is 307. The van der Waals surface area contributed by atoms with Crippen LogP contribution in [-0.2, 0) is 13.1 Å². The van der Waals surface area contributed by atoms with E-state index < -0.39 is 0 Å². The van der Waals surface area contributed by atoms with Crippen molar-refractivity contribution in [3.63, 3.8) is 0 Å². The maximum absolute atomic E-state index is 5.50. The van der Waals surface area contributed by atoms with Gasteiger partial charge in [0.25, 0.3) is 0 Å². The van der Waals surface area contributed by atoms with E-state index in [1.165, 1.54) is 19.4 Å². The predicted octanol–water partition coefficient (Wildman–Crippen LogP) is 0.826. The third-order valence-corrected chi connectivity index (χ3v) is 3.13. The summed E-state index contributed by atoms with van der Waals surface area (Å²) in [6.45, 7) is 6.03. The number of nitrogens with zero attached hydrogens (tertiary/aromatic N) is 3. The standard InChI is InChI=1S/C11H20N4/c1-10-3-2-5-15(10)8-11-7-14(6-4-12)9-13-11/h7,9-10H,2-6,8,12H2,1H3. The lowest BCUT2D eigenvalue weighted by atomic mass is 10.2. The molecule has 0 amide bonds. The van der Waals surface area contributed by atoms with Crippen molar-refractivity contribution in [2.75, 3.05) is 13.1 Å². The highest BCUT2D eigenvalue weighted by molar-refractivity contribution is 4.98. The number of aromatic nitrogens is 2. The fourth-order valence-corrected chi connectivity index (χ4v) is 2.20. The summed E-state index contributed by atoms with van der Waals surface area (Å²) in [5, 5.41) is 0. The van der Waals surface area contributed by atoms with Crippen molar-refractivity contribution in [2.45, 2.75) is 38.9 Å². The van der Waals surface area contributed by atoms with Gasteiger partial charge in [0.1, 0.15) is 0 Å². The van der Waals surface area contributed by atoms with E-state index in [1.54, 1.807) is 0 Å². The van der Waals surface area contributed by atoms with Crippen LogP contribution >= 0.6 is 0 Å². The largest absolute Gasteiger partial charge is 0.336 e. The highest BCUT2D eigenvalue weighted by Gasteiger charge is 2.20. The summed E-state index contributed by atoms with van der Waals surface area (Å²) < 4.78 is 2.07. The molecule has 1 atom stereocenters. The van der Waals surface area contributed by atoms with Gasteiger partial charge in [-0.25, -0.2) is 4.98 Å². The van der Waals surface area contributed by atoms with Gasteiger partial charge in [-0.1, -0.05) is 0 Å². The molecule has 0 aromatic carbocycles. The SMILES string of the molecule is CC1CCCN1Cc1cn(CCN)cn1. The van der Waals surface area contributed by atoms with Crippen LogP contribution in [0.4, 0.5) is 0 Å². The Labute approximate surface area is 91.1 Å². The Balaban J connectivity index is 1.92. The molecule has 2 N–H and O–H groups in total. The van der Waals surface area contributed by atoms with Crippen LogP contribution in [0.2, 0.25) is 0 Å². The molecule has 4 heteroatoms. The topological polar surface area (TPSA) is 47.1 Å². The van der Waals surface area contributed by atoms with Crippen molar-refractivity contribution < 1.29 is 0 Å². The smallest absolute Gasteiger partial charge is 0.0950 e. The van der Waals surface area contributed by atoms with E-state index in [2.05, 4.69) is 27.6 Å².